The minimum absolute atomic E-state index is 0.332. The number of carbonyl (C=O) groups excluding carboxylic acids is 2. The Labute approximate surface area is 271 Å². The summed E-state index contributed by atoms with van der Waals surface area (Å²) in [6.45, 7) is 10.7. The number of guanidine groups is 2. The molecular formula is C38H40N6O2. The van der Waals surface area contributed by atoms with Gasteiger partial charge in [-0.3, -0.25) is 9.59 Å². The average Bonchev–Trinajstić information content (AvgIpc) is 3.60. The molecule has 2 unspecified atom stereocenters. The van der Waals surface area contributed by atoms with Crippen molar-refractivity contribution < 1.29 is 9.59 Å². The van der Waals surface area contributed by atoms with Crippen LogP contribution in [0.5, 0.6) is 0 Å². The zero-order valence-corrected chi connectivity index (χ0v) is 26.9. The van der Waals surface area contributed by atoms with E-state index in [0.717, 1.165) is 0 Å². The SMILES string of the molecule is CCN(CC)C1=NC(c2ccccc2)(C2(c3ccccc3)N=C(N(CC)CC)N(c3ccccc3)C2=O)C(=O)N1c1ccccc1. The van der Waals surface area contributed by atoms with E-state index in [2.05, 4.69) is 9.80 Å². The molecule has 2 heterocycles. The lowest BCUT2D eigenvalue weighted by atomic mass is 9.68. The van der Waals surface area contributed by atoms with Crippen LogP contribution in [-0.2, 0) is 20.7 Å². The molecule has 6 rings (SSSR count). The lowest BCUT2D eigenvalue weighted by Gasteiger charge is -2.39. The highest BCUT2D eigenvalue weighted by molar-refractivity contribution is 6.30. The van der Waals surface area contributed by atoms with Gasteiger partial charge in [0.05, 0.1) is 11.4 Å². The molecule has 0 N–H and O–H groups in total. The highest BCUT2D eigenvalue weighted by Gasteiger charge is 2.72. The zero-order chi connectivity index (χ0) is 32.3. The van der Waals surface area contributed by atoms with E-state index in [4.69, 9.17) is 9.98 Å². The van der Waals surface area contributed by atoms with Gasteiger partial charge in [-0.05, 0) is 63.1 Å². The van der Waals surface area contributed by atoms with Crippen LogP contribution in [0.25, 0.3) is 0 Å². The lowest BCUT2D eigenvalue weighted by Crippen LogP contribution is -2.59. The first kappa shape index (κ1) is 30.8. The fraction of sp³-hybridized carbons (Fsp3) is 0.263. The van der Waals surface area contributed by atoms with Gasteiger partial charge >= 0.3 is 0 Å². The molecule has 0 spiro atoms. The maximum Gasteiger partial charge on any atom is 0.270 e. The van der Waals surface area contributed by atoms with Crippen LogP contribution in [0.2, 0.25) is 0 Å². The van der Waals surface area contributed by atoms with Crippen molar-refractivity contribution >= 4 is 35.1 Å². The number of aliphatic imine (C=N–C) groups is 2. The Hall–Kier alpha value is -5.24. The first-order chi connectivity index (χ1) is 22.5. The van der Waals surface area contributed by atoms with Gasteiger partial charge in [-0.2, -0.15) is 0 Å². The Kier molecular flexibility index (Phi) is 8.45. The number of benzene rings is 4. The third-order valence-corrected chi connectivity index (χ3v) is 8.99. The molecule has 46 heavy (non-hydrogen) atoms. The standard InChI is InChI=1S/C38H40N6O2/c1-5-41(6-2)35-39-37(29-21-13-9-14-22-29,33(45)43(35)31-25-17-11-18-26-31)38(30-23-15-10-16-24-30)34(46)44(32-27-19-12-20-28-32)36(40-38)42(7-3)8-4/h9-28H,5-8H2,1-4H3. The van der Waals surface area contributed by atoms with Gasteiger partial charge in [0.1, 0.15) is 0 Å². The molecule has 8 heteroatoms. The van der Waals surface area contributed by atoms with Crippen LogP contribution in [0, 0.1) is 0 Å². The van der Waals surface area contributed by atoms with Crippen molar-refractivity contribution in [2.45, 2.75) is 38.8 Å². The van der Waals surface area contributed by atoms with Gasteiger partial charge in [0.2, 0.25) is 23.0 Å². The maximum absolute atomic E-state index is 15.7. The van der Waals surface area contributed by atoms with Crippen LogP contribution in [0.4, 0.5) is 11.4 Å². The van der Waals surface area contributed by atoms with Crippen molar-refractivity contribution in [3.8, 4) is 0 Å². The van der Waals surface area contributed by atoms with Crippen molar-refractivity contribution in [1.29, 1.82) is 0 Å². The summed E-state index contributed by atoms with van der Waals surface area (Å²) in [6, 6.07) is 38.1. The number of para-hydroxylation sites is 2. The number of anilines is 2. The molecule has 2 amide bonds. The molecule has 4 aromatic carbocycles. The van der Waals surface area contributed by atoms with Crippen LogP contribution in [0.3, 0.4) is 0 Å². The topological polar surface area (TPSA) is 71.8 Å². The smallest absolute Gasteiger partial charge is 0.270 e. The fourth-order valence-electron chi connectivity index (χ4n) is 6.68. The maximum atomic E-state index is 15.7. The third kappa shape index (κ3) is 4.59. The summed E-state index contributed by atoms with van der Waals surface area (Å²) < 4.78 is 0. The van der Waals surface area contributed by atoms with Gasteiger partial charge in [0.25, 0.3) is 11.8 Å². The van der Waals surface area contributed by atoms with Gasteiger partial charge in [-0.1, -0.05) is 97.1 Å². The number of hydrogen-bond donors (Lipinski definition) is 0. The van der Waals surface area contributed by atoms with Crippen LogP contribution in [0.1, 0.15) is 38.8 Å². The first-order valence-corrected chi connectivity index (χ1v) is 16.1. The Balaban J connectivity index is 1.76. The summed E-state index contributed by atoms with van der Waals surface area (Å²) in [5.74, 6) is 0.319. The number of hydrogen-bond acceptors (Lipinski definition) is 6. The molecule has 0 aromatic heterocycles. The van der Waals surface area contributed by atoms with Crippen molar-refractivity contribution in [3.05, 3.63) is 132 Å². The first-order valence-electron chi connectivity index (χ1n) is 16.1. The monoisotopic (exact) mass is 612 g/mol. The summed E-state index contributed by atoms with van der Waals surface area (Å²) in [5, 5.41) is 0. The molecule has 0 saturated carbocycles. The normalized spacial score (nSPS) is 21.0. The van der Waals surface area contributed by atoms with Crippen LogP contribution >= 0.6 is 0 Å². The number of amides is 2. The van der Waals surface area contributed by atoms with E-state index in [-0.39, 0.29) is 11.8 Å². The van der Waals surface area contributed by atoms with Gasteiger partial charge in [0, 0.05) is 26.2 Å². The van der Waals surface area contributed by atoms with E-state index in [1.807, 2.05) is 149 Å². The Bertz CT molecular complexity index is 1610. The molecule has 0 radical (unpaired) electrons. The van der Waals surface area contributed by atoms with Gasteiger partial charge in [0.15, 0.2) is 0 Å². The molecule has 2 aliphatic rings. The molecule has 4 aromatic rings. The van der Waals surface area contributed by atoms with Gasteiger partial charge in [-0.25, -0.2) is 19.8 Å². The average molecular weight is 613 g/mol. The van der Waals surface area contributed by atoms with Gasteiger partial charge < -0.3 is 9.80 Å². The second-order valence-corrected chi connectivity index (χ2v) is 11.3. The quantitative estimate of drug-likeness (QED) is 0.224. The Morgan fingerprint density at radius 3 is 1.04 bits per heavy atom. The Morgan fingerprint density at radius 1 is 0.478 bits per heavy atom. The predicted octanol–water partition coefficient (Wildman–Crippen LogP) is 6.27. The van der Waals surface area contributed by atoms with Crippen LogP contribution in [-0.4, -0.2) is 59.7 Å². The molecule has 0 fully saturated rings. The van der Waals surface area contributed by atoms with E-state index in [1.54, 1.807) is 9.80 Å². The second kappa shape index (κ2) is 12.6. The summed E-state index contributed by atoms with van der Waals surface area (Å²) in [6.07, 6.45) is 0. The summed E-state index contributed by atoms with van der Waals surface area (Å²) in [4.78, 5) is 49.8. The highest BCUT2D eigenvalue weighted by atomic mass is 16.2. The van der Waals surface area contributed by atoms with Crippen LogP contribution < -0.4 is 9.80 Å². The minimum Gasteiger partial charge on any atom is -0.343 e. The molecule has 0 saturated heterocycles. The molecule has 0 aliphatic carbocycles. The molecule has 0 bridgehead atoms. The van der Waals surface area contributed by atoms with Crippen molar-refractivity contribution in [1.82, 2.24) is 9.80 Å². The molecule has 2 aliphatic heterocycles. The largest absolute Gasteiger partial charge is 0.343 e. The molecular weight excluding hydrogens is 572 g/mol. The van der Waals surface area contributed by atoms with Crippen molar-refractivity contribution in [2.24, 2.45) is 9.98 Å². The zero-order valence-electron chi connectivity index (χ0n) is 26.9. The second-order valence-electron chi connectivity index (χ2n) is 11.3. The summed E-state index contributed by atoms with van der Waals surface area (Å²) >= 11 is 0. The minimum atomic E-state index is -1.78. The predicted molar refractivity (Wildman–Crippen MR) is 185 cm³/mol. The number of carbonyl (C=O) groups is 2. The highest BCUT2D eigenvalue weighted by Crippen LogP contribution is 2.55. The van der Waals surface area contributed by atoms with E-state index in [9.17, 15) is 0 Å². The molecule has 2 atom stereocenters. The summed E-state index contributed by atoms with van der Waals surface area (Å²) in [7, 11) is 0. The summed E-state index contributed by atoms with van der Waals surface area (Å²) in [5.41, 5.74) is -1.00. The van der Waals surface area contributed by atoms with E-state index in [0.29, 0.717) is 60.6 Å². The lowest BCUT2D eigenvalue weighted by molar-refractivity contribution is -0.133. The van der Waals surface area contributed by atoms with Crippen LogP contribution in [0.15, 0.2) is 131 Å². The Morgan fingerprint density at radius 2 is 0.761 bits per heavy atom. The van der Waals surface area contributed by atoms with Gasteiger partial charge in [-0.15, -0.1) is 0 Å². The van der Waals surface area contributed by atoms with E-state index in [1.165, 1.54) is 0 Å². The fourth-order valence-corrected chi connectivity index (χ4v) is 6.68. The van der Waals surface area contributed by atoms with Crippen molar-refractivity contribution in [3.63, 3.8) is 0 Å². The van der Waals surface area contributed by atoms with E-state index >= 15 is 9.59 Å². The van der Waals surface area contributed by atoms with E-state index < -0.39 is 11.1 Å². The molecule has 234 valence electrons. The van der Waals surface area contributed by atoms with Crippen molar-refractivity contribution in [2.75, 3.05) is 36.0 Å². The number of rotatable bonds is 9. The molecule has 8 nitrogen and oxygen atoms in total. The number of nitrogens with zero attached hydrogens (tertiary/aromatic N) is 6. The third-order valence-electron chi connectivity index (χ3n) is 8.99.